The maximum Gasteiger partial charge on any atom is 0.454 e. The summed E-state index contributed by atoms with van der Waals surface area (Å²) in [6.45, 7) is 1.79. The molecule has 1 N–H and O–H groups in total. The average Bonchev–Trinajstić information content (AvgIpc) is 2.79. The Labute approximate surface area is 106 Å². The molecule has 0 atom stereocenters. The molecular weight excluding hydrogens is 259 g/mol. The lowest BCUT2D eigenvalue weighted by molar-refractivity contribution is -0.0885. The Morgan fingerprint density at radius 3 is 2.58 bits per heavy atom. The number of carbonyl (C=O) groups is 1. The van der Waals surface area contributed by atoms with Gasteiger partial charge in [-0.25, -0.2) is 0 Å². The lowest BCUT2D eigenvalue weighted by Gasteiger charge is -2.07. The molecule has 0 aliphatic carbocycles. The molecule has 0 fully saturated rings. The summed E-state index contributed by atoms with van der Waals surface area (Å²) in [7, 11) is 0. The molecule has 0 aliphatic heterocycles. The van der Waals surface area contributed by atoms with Crippen molar-refractivity contribution < 1.29 is 23.1 Å². The summed E-state index contributed by atoms with van der Waals surface area (Å²) < 4.78 is 38.1. The molecule has 0 amide bonds. The number of aromatic nitrogens is 1. The summed E-state index contributed by atoms with van der Waals surface area (Å²) >= 11 is 0. The molecule has 0 aliphatic rings. The number of ketones is 1. The zero-order valence-corrected chi connectivity index (χ0v) is 9.90. The highest BCUT2D eigenvalue weighted by molar-refractivity contribution is 6.00. The number of phenols is 1. The minimum atomic E-state index is -4.90. The monoisotopic (exact) mass is 269 g/mol. The average molecular weight is 269 g/mol. The molecule has 3 nitrogen and oxygen atoms in total. The van der Waals surface area contributed by atoms with E-state index < -0.39 is 17.5 Å². The van der Waals surface area contributed by atoms with E-state index in [0.29, 0.717) is 5.69 Å². The molecule has 0 unspecified atom stereocenters. The van der Waals surface area contributed by atoms with Crippen LogP contribution in [-0.2, 0) is 0 Å². The molecule has 19 heavy (non-hydrogen) atoms. The fourth-order valence-corrected chi connectivity index (χ4v) is 1.68. The zero-order valence-electron chi connectivity index (χ0n) is 9.90. The van der Waals surface area contributed by atoms with E-state index in [9.17, 15) is 23.1 Å². The van der Waals surface area contributed by atoms with Gasteiger partial charge in [0.05, 0.1) is 5.69 Å². The molecular formula is C13H10F3NO2. The number of phenolic OH excluding ortho intramolecular Hbond substituents is 1. The number of hydrogen-bond donors (Lipinski definition) is 1. The van der Waals surface area contributed by atoms with Gasteiger partial charge in [0.25, 0.3) is 5.78 Å². The first-order valence-corrected chi connectivity index (χ1v) is 5.38. The fraction of sp³-hybridized carbons (Fsp3) is 0.154. The zero-order chi connectivity index (χ0) is 14.2. The van der Waals surface area contributed by atoms with Crippen molar-refractivity contribution in [2.75, 3.05) is 0 Å². The minimum Gasteiger partial charge on any atom is -0.506 e. The van der Waals surface area contributed by atoms with Crippen LogP contribution in [0.25, 0.3) is 5.69 Å². The third-order valence-corrected chi connectivity index (χ3v) is 2.62. The van der Waals surface area contributed by atoms with Crippen molar-refractivity contribution in [2.45, 2.75) is 13.1 Å². The quantitative estimate of drug-likeness (QED) is 0.850. The van der Waals surface area contributed by atoms with E-state index >= 15 is 0 Å². The van der Waals surface area contributed by atoms with Crippen LogP contribution in [0.1, 0.15) is 15.9 Å². The normalized spacial score (nSPS) is 11.6. The smallest absolute Gasteiger partial charge is 0.454 e. The standard InChI is InChI=1S/C13H10F3NO2/c1-8-2-3-11(18)10(6-8)17-5-4-9(7-17)12(19)13(14,15)16/h2-7,18H,1H3. The predicted octanol–water partition coefficient (Wildman–Crippen LogP) is 3.24. The number of carbonyl (C=O) groups excluding carboxylic acids is 1. The van der Waals surface area contributed by atoms with Gasteiger partial charge in [0.1, 0.15) is 5.75 Å². The topological polar surface area (TPSA) is 42.2 Å². The van der Waals surface area contributed by atoms with Crippen LogP contribution in [0.4, 0.5) is 13.2 Å². The van der Waals surface area contributed by atoms with Crippen LogP contribution < -0.4 is 0 Å². The van der Waals surface area contributed by atoms with Crippen LogP contribution in [0.2, 0.25) is 0 Å². The second-order valence-electron chi connectivity index (χ2n) is 4.13. The Bertz CT molecular complexity index is 629. The van der Waals surface area contributed by atoms with Gasteiger partial charge < -0.3 is 9.67 Å². The van der Waals surface area contributed by atoms with E-state index in [1.54, 1.807) is 19.1 Å². The predicted molar refractivity (Wildman–Crippen MR) is 62.6 cm³/mol. The Hall–Kier alpha value is -2.24. The highest BCUT2D eigenvalue weighted by Crippen LogP contribution is 2.26. The largest absolute Gasteiger partial charge is 0.506 e. The summed E-state index contributed by atoms with van der Waals surface area (Å²) in [5, 5.41) is 9.67. The number of alkyl halides is 3. The number of rotatable bonds is 2. The highest BCUT2D eigenvalue weighted by Gasteiger charge is 2.39. The molecule has 1 aromatic carbocycles. The van der Waals surface area contributed by atoms with Gasteiger partial charge in [0.2, 0.25) is 0 Å². The lowest BCUT2D eigenvalue weighted by Crippen LogP contribution is -2.22. The Morgan fingerprint density at radius 1 is 1.26 bits per heavy atom. The number of aromatic hydroxyl groups is 1. The first-order chi connectivity index (χ1) is 8.79. The summed E-state index contributed by atoms with van der Waals surface area (Å²) in [5.74, 6) is -1.98. The van der Waals surface area contributed by atoms with Crippen LogP contribution in [-0.4, -0.2) is 21.6 Å². The first kappa shape index (κ1) is 13.2. The Kier molecular flexibility index (Phi) is 3.09. The van der Waals surface area contributed by atoms with E-state index in [-0.39, 0.29) is 5.75 Å². The molecule has 2 aromatic rings. The molecule has 0 spiro atoms. The van der Waals surface area contributed by atoms with Crippen LogP contribution in [0, 0.1) is 6.92 Å². The van der Waals surface area contributed by atoms with Crippen molar-refractivity contribution in [1.82, 2.24) is 4.57 Å². The van der Waals surface area contributed by atoms with E-state index in [4.69, 9.17) is 0 Å². The summed E-state index contributed by atoms with van der Waals surface area (Å²) in [6.07, 6.45) is -2.56. The van der Waals surface area contributed by atoms with Gasteiger partial charge in [-0.3, -0.25) is 4.79 Å². The van der Waals surface area contributed by atoms with Crippen molar-refractivity contribution in [1.29, 1.82) is 0 Å². The van der Waals surface area contributed by atoms with Crippen LogP contribution >= 0.6 is 0 Å². The van der Waals surface area contributed by atoms with Crippen LogP contribution in [0.3, 0.4) is 0 Å². The number of halogens is 3. The summed E-state index contributed by atoms with van der Waals surface area (Å²) in [5.41, 5.74) is 0.694. The van der Waals surface area contributed by atoms with Crippen molar-refractivity contribution >= 4 is 5.78 Å². The van der Waals surface area contributed by atoms with Crippen molar-refractivity contribution in [2.24, 2.45) is 0 Å². The third kappa shape index (κ3) is 2.62. The number of aryl methyl sites for hydroxylation is 1. The van der Waals surface area contributed by atoms with E-state index in [1.807, 2.05) is 0 Å². The van der Waals surface area contributed by atoms with Crippen LogP contribution in [0.15, 0.2) is 36.7 Å². The van der Waals surface area contributed by atoms with Crippen molar-refractivity contribution in [3.63, 3.8) is 0 Å². The van der Waals surface area contributed by atoms with Crippen molar-refractivity contribution in [3.05, 3.63) is 47.8 Å². The first-order valence-electron chi connectivity index (χ1n) is 5.38. The van der Waals surface area contributed by atoms with Gasteiger partial charge in [-0.05, 0) is 30.7 Å². The number of benzene rings is 1. The highest BCUT2D eigenvalue weighted by atomic mass is 19.4. The molecule has 0 saturated carbocycles. The third-order valence-electron chi connectivity index (χ3n) is 2.62. The molecule has 2 rings (SSSR count). The summed E-state index contributed by atoms with van der Waals surface area (Å²) in [4.78, 5) is 11.1. The van der Waals surface area contributed by atoms with Gasteiger partial charge in [-0.1, -0.05) is 6.07 Å². The molecule has 1 aromatic heterocycles. The van der Waals surface area contributed by atoms with Gasteiger partial charge in [0.15, 0.2) is 0 Å². The second-order valence-corrected chi connectivity index (χ2v) is 4.13. The SMILES string of the molecule is Cc1ccc(O)c(-n2ccc(C(=O)C(F)(F)F)c2)c1. The van der Waals surface area contributed by atoms with Gasteiger partial charge in [0, 0.05) is 18.0 Å². The maximum absolute atomic E-state index is 12.3. The van der Waals surface area contributed by atoms with E-state index in [1.165, 1.54) is 16.8 Å². The Balaban J connectivity index is 2.42. The minimum absolute atomic E-state index is 0.0767. The molecule has 0 radical (unpaired) electrons. The Morgan fingerprint density at radius 2 is 1.95 bits per heavy atom. The molecule has 0 saturated heterocycles. The van der Waals surface area contributed by atoms with E-state index in [0.717, 1.165) is 17.8 Å². The molecule has 100 valence electrons. The van der Waals surface area contributed by atoms with Crippen LogP contribution in [0.5, 0.6) is 5.75 Å². The maximum atomic E-state index is 12.3. The number of nitrogens with zero attached hydrogens (tertiary/aromatic N) is 1. The number of hydrogen-bond acceptors (Lipinski definition) is 2. The van der Waals surface area contributed by atoms with Gasteiger partial charge in [-0.15, -0.1) is 0 Å². The lowest BCUT2D eigenvalue weighted by atomic mass is 10.2. The molecule has 0 bridgehead atoms. The van der Waals surface area contributed by atoms with Crippen molar-refractivity contribution in [3.8, 4) is 11.4 Å². The van der Waals surface area contributed by atoms with E-state index in [2.05, 4.69) is 0 Å². The summed E-state index contributed by atoms with van der Waals surface area (Å²) in [6, 6.07) is 5.79. The number of Topliss-reactive ketones (excluding diaryl/α,β-unsaturated/α-hetero) is 1. The van der Waals surface area contributed by atoms with Gasteiger partial charge >= 0.3 is 6.18 Å². The fourth-order valence-electron chi connectivity index (χ4n) is 1.68. The van der Waals surface area contributed by atoms with Gasteiger partial charge in [-0.2, -0.15) is 13.2 Å². The molecule has 6 heteroatoms. The molecule has 1 heterocycles. The second kappa shape index (κ2) is 4.46.